The van der Waals surface area contributed by atoms with Gasteiger partial charge in [0.25, 0.3) is 5.91 Å². The smallest absolute Gasteiger partial charge is 0.414 e. The number of amides is 2. The van der Waals surface area contributed by atoms with Crippen LogP contribution in [0.1, 0.15) is 33.7 Å². The molecule has 0 atom stereocenters. The number of aromatic nitrogens is 2. The molecule has 5 rings (SSSR count). The maximum Gasteiger partial charge on any atom is 0.414 e. The van der Waals surface area contributed by atoms with E-state index in [9.17, 15) is 14.0 Å². The number of benzene rings is 2. The topological polar surface area (TPSA) is 76.5 Å². The van der Waals surface area contributed by atoms with Gasteiger partial charge in [-0.1, -0.05) is 18.2 Å². The molecule has 2 heterocycles. The lowest BCUT2D eigenvalue weighted by Gasteiger charge is -2.14. The second-order valence-electron chi connectivity index (χ2n) is 7.71. The Bertz CT molecular complexity index is 1200. The maximum absolute atomic E-state index is 14.5. The maximum atomic E-state index is 14.5. The highest BCUT2D eigenvalue weighted by molar-refractivity contribution is 6.04. The molecule has 3 aromatic rings. The number of carbonyl (C=O) groups is 2. The number of aryl methyl sites for hydroxylation is 1. The van der Waals surface area contributed by atoms with E-state index in [1.807, 2.05) is 35.9 Å². The molecule has 8 heteroatoms. The average molecular weight is 420 g/mol. The highest BCUT2D eigenvalue weighted by Crippen LogP contribution is 2.30. The highest BCUT2D eigenvalue weighted by Gasteiger charge is 2.28. The van der Waals surface area contributed by atoms with Gasteiger partial charge in [0.2, 0.25) is 0 Å². The normalized spacial score (nSPS) is 15.2. The first kappa shape index (κ1) is 19.3. The summed E-state index contributed by atoms with van der Waals surface area (Å²) in [5, 5.41) is 7.24. The summed E-state index contributed by atoms with van der Waals surface area (Å²) < 4.78 is 21.2. The van der Waals surface area contributed by atoms with Crippen molar-refractivity contribution in [3.63, 3.8) is 0 Å². The number of cyclic esters (lactones) is 1. The van der Waals surface area contributed by atoms with Crippen LogP contribution >= 0.6 is 0 Å². The molecule has 1 saturated heterocycles. The van der Waals surface area contributed by atoms with Crippen LogP contribution < -0.4 is 10.2 Å². The van der Waals surface area contributed by atoms with Crippen molar-refractivity contribution in [2.45, 2.75) is 26.2 Å². The molecule has 2 aliphatic rings. The first-order chi connectivity index (χ1) is 15.0. The fourth-order valence-corrected chi connectivity index (χ4v) is 4.21. The number of ether oxygens (including phenoxy) is 1. The Kier molecular flexibility index (Phi) is 4.69. The van der Waals surface area contributed by atoms with Gasteiger partial charge in [-0.2, -0.15) is 5.10 Å². The van der Waals surface area contributed by atoms with E-state index in [0.717, 1.165) is 41.8 Å². The van der Waals surface area contributed by atoms with Crippen LogP contribution in [0.2, 0.25) is 0 Å². The first-order valence-corrected chi connectivity index (χ1v) is 10.2. The van der Waals surface area contributed by atoms with Gasteiger partial charge in [0.15, 0.2) is 5.69 Å². The summed E-state index contributed by atoms with van der Waals surface area (Å²) in [6, 6.07) is 12.0. The Balaban J connectivity index is 1.48. The molecule has 158 valence electrons. The molecule has 2 amide bonds. The summed E-state index contributed by atoms with van der Waals surface area (Å²) in [5.74, 6) is -1.05. The predicted octanol–water partition coefficient (Wildman–Crippen LogP) is 4.02. The Morgan fingerprint density at radius 1 is 1.19 bits per heavy atom. The zero-order valence-corrected chi connectivity index (χ0v) is 17.0. The van der Waals surface area contributed by atoms with Gasteiger partial charge >= 0.3 is 6.09 Å². The zero-order chi connectivity index (χ0) is 21.5. The Hall–Kier alpha value is -3.68. The third-order valence-corrected chi connectivity index (χ3v) is 5.76. The van der Waals surface area contributed by atoms with Gasteiger partial charge in [-0.05, 0) is 56.0 Å². The molecule has 1 aliphatic carbocycles. The molecule has 0 bridgehead atoms. The van der Waals surface area contributed by atoms with E-state index < -0.39 is 17.8 Å². The fraction of sp³-hybridized carbons (Fsp3) is 0.261. The van der Waals surface area contributed by atoms with Gasteiger partial charge in [0.1, 0.15) is 12.4 Å². The van der Waals surface area contributed by atoms with E-state index in [1.165, 1.54) is 23.1 Å². The van der Waals surface area contributed by atoms with Crippen LogP contribution in [0.15, 0.2) is 42.5 Å². The summed E-state index contributed by atoms with van der Waals surface area (Å²) in [5.41, 5.74) is 4.69. The number of hydrogen-bond donors (Lipinski definition) is 1. The van der Waals surface area contributed by atoms with Gasteiger partial charge in [-0.15, -0.1) is 0 Å². The average Bonchev–Trinajstić information content (AvgIpc) is 3.47. The molecule has 1 N–H and O–H groups in total. The molecule has 0 unspecified atom stereocenters. The molecule has 0 radical (unpaired) electrons. The largest absolute Gasteiger partial charge is 0.447 e. The minimum Gasteiger partial charge on any atom is -0.447 e. The molecule has 1 aromatic heterocycles. The van der Waals surface area contributed by atoms with E-state index in [-0.39, 0.29) is 12.3 Å². The third kappa shape index (κ3) is 3.34. The fourth-order valence-electron chi connectivity index (χ4n) is 4.21. The van der Waals surface area contributed by atoms with Crippen molar-refractivity contribution in [2.24, 2.45) is 0 Å². The van der Waals surface area contributed by atoms with Crippen molar-refractivity contribution in [3.05, 3.63) is 70.8 Å². The summed E-state index contributed by atoms with van der Waals surface area (Å²) in [6.07, 6.45) is 2.05. The Labute approximate surface area is 178 Å². The van der Waals surface area contributed by atoms with Gasteiger partial charge in [-0.3, -0.25) is 9.69 Å². The predicted molar refractivity (Wildman–Crippen MR) is 113 cm³/mol. The van der Waals surface area contributed by atoms with Crippen LogP contribution in [0, 0.1) is 12.7 Å². The molecule has 0 spiro atoms. The standard InChI is InChI=1S/C23H21FN4O3/c1-14-5-2-3-7-19(14)28-20-8-4-6-16(20)21(26-28)22(29)25-18-13-15(9-10-17(18)24)27-11-12-31-23(27)30/h2-3,5,7,9-10,13H,4,6,8,11-12H2,1H3,(H,25,29). The van der Waals surface area contributed by atoms with E-state index >= 15 is 0 Å². The van der Waals surface area contributed by atoms with Crippen LogP contribution in [-0.2, 0) is 17.6 Å². The molecule has 31 heavy (non-hydrogen) atoms. The van der Waals surface area contributed by atoms with Crippen molar-refractivity contribution in [1.29, 1.82) is 0 Å². The quantitative estimate of drug-likeness (QED) is 0.692. The second kappa shape index (κ2) is 7.54. The number of fused-ring (bicyclic) bond motifs is 1. The zero-order valence-electron chi connectivity index (χ0n) is 17.0. The molecular weight excluding hydrogens is 399 g/mol. The van der Waals surface area contributed by atoms with E-state index in [2.05, 4.69) is 10.4 Å². The lowest BCUT2D eigenvalue weighted by atomic mass is 10.1. The summed E-state index contributed by atoms with van der Waals surface area (Å²) in [6.45, 7) is 2.66. The van der Waals surface area contributed by atoms with E-state index in [0.29, 0.717) is 17.9 Å². The van der Waals surface area contributed by atoms with Gasteiger partial charge in [0, 0.05) is 16.9 Å². The lowest BCUT2D eigenvalue weighted by Crippen LogP contribution is -2.23. The number of rotatable bonds is 4. The van der Waals surface area contributed by atoms with E-state index in [1.54, 1.807) is 0 Å². The second-order valence-corrected chi connectivity index (χ2v) is 7.71. The number of anilines is 2. The number of hydrogen-bond acceptors (Lipinski definition) is 4. The number of halogens is 1. The van der Waals surface area contributed by atoms with Crippen molar-refractivity contribution in [1.82, 2.24) is 9.78 Å². The molecule has 1 fully saturated rings. The molecule has 7 nitrogen and oxygen atoms in total. The van der Waals surface area contributed by atoms with Crippen LogP contribution in [0.5, 0.6) is 0 Å². The molecular formula is C23H21FN4O3. The van der Waals surface area contributed by atoms with Gasteiger partial charge in [0.05, 0.1) is 17.9 Å². The van der Waals surface area contributed by atoms with Crippen LogP contribution in [0.4, 0.5) is 20.6 Å². The number of nitrogens with one attached hydrogen (secondary N) is 1. The van der Waals surface area contributed by atoms with Crippen LogP contribution in [0.3, 0.4) is 0 Å². The number of carbonyl (C=O) groups excluding carboxylic acids is 2. The minimum absolute atomic E-state index is 0.000566. The van der Waals surface area contributed by atoms with Crippen LogP contribution in [-0.4, -0.2) is 34.9 Å². The minimum atomic E-state index is -0.584. The monoisotopic (exact) mass is 420 g/mol. The number of nitrogens with zero attached hydrogens (tertiary/aromatic N) is 3. The Morgan fingerprint density at radius 2 is 2.03 bits per heavy atom. The van der Waals surface area contributed by atoms with Gasteiger partial charge < -0.3 is 10.1 Å². The van der Waals surface area contributed by atoms with Crippen LogP contribution in [0.25, 0.3) is 5.69 Å². The van der Waals surface area contributed by atoms with Gasteiger partial charge in [-0.25, -0.2) is 13.9 Å². The molecule has 1 aliphatic heterocycles. The van der Waals surface area contributed by atoms with Crippen molar-refractivity contribution >= 4 is 23.4 Å². The molecule has 2 aromatic carbocycles. The summed E-state index contributed by atoms with van der Waals surface area (Å²) in [7, 11) is 0. The first-order valence-electron chi connectivity index (χ1n) is 10.2. The SMILES string of the molecule is Cc1ccccc1-n1nc(C(=O)Nc2cc(N3CCOC3=O)ccc2F)c2c1CCC2. The third-order valence-electron chi connectivity index (χ3n) is 5.76. The number of para-hydroxylation sites is 1. The van der Waals surface area contributed by atoms with Crippen molar-refractivity contribution in [3.8, 4) is 5.69 Å². The van der Waals surface area contributed by atoms with Crippen molar-refractivity contribution < 1.29 is 18.7 Å². The van der Waals surface area contributed by atoms with Crippen molar-refractivity contribution in [2.75, 3.05) is 23.4 Å². The molecule has 0 saturated carbocycles. The summed E-state index contributed by atoms with van der Waals surface area (Å²) in [4.78, 5) is 26.3. The summed E-state index contributed by atoms with van der Waals surface area (Å²) >= 11 is 0. The van der Waals surface area contributed by atoms with E-state index in [4.69, 9.17) is 4.74 Å². The lowest BCUT2D eigenvalue weighted by molar-refractivity contribution is 0.102. The Morgan fingerprint density at radius 3 is 2.81 bits per heavy atom. The highest BCUT2D eigenvalue weighted by atomic mass is 19.1.